The molecule has 1 aromatic heterocycles. The Morgan fingerprint density at radius 1 is 0.951 bits per heavy atom. The molecular weight excluding hydrogens is 684 g/mol. The van der Waals surface area contributed by atoms with Gasteiger partial charge in [-0.25, -0.2) is 0 Å². The van der Waals surface area contributed by atoms with Gasteiger partial charge in [0.1, 0.15) is 11.7 Å². The monoisotopic (exact) mass is 719 g/mol. The molecule has 1 unspecified atom stereocenters. The van der Waals surface area contributed by atoms with Crippen molar-refractivity contribution in [1.82, 2.24) is 19.7 Å². The number of nitrogens with zero attached hydrogens (tertiary/aromatic N) is 4. The molecule has 0 saturated carbocycles. The number of carbonyl (C=O) groups is 3. The molecule has 0 amide bonds. The fourth-order valence-electron chi connectivity index (χ4n) is 4.72. The Kier molecular flexibility index (Phi) is 14.2. The predicted octanol–water partition coefficient (Wildman–Crippen LogP) is -0.489. The van der Waals surface area contributed by atoms with E-state index in [2.05, 4.69) is 10.3 Å². The molecule has 0 radical (unpaired) electrons. The van der Waals surface area contributed by atoms with Crippen LogP contribution >= 0.6 is 0 Å². The minimum absolute atomic E-state index is 0. The van der Waals surface area contributed by atoms with E-state index < -0.39 is 34.8 Å². The van der Waals surface area contributed by atoms with Crippen LogP contribution in [0, 0.1) is 39.9 Å². The molecule has 2 bridgehead atoms. The molecule has 226 valence electrons. The quantitative estimate of drug-likeness (QED) is 0.153. The summed E-state index contributed by atoms with van der Waals surface area (Å²) in [5, 5.41) is 31.8. The molecule has 1 aliphatic rings. The Hall–Kier alpha value is -2.56. The van der Waals surface area contributed by atoms with Gasteiger partial charge in [-0.05, 0) is 31.9 Å². The molecule has 2 aromatic rings. The molecule has 14 nitrogen and oxygen atoms in total. The van der Waals surface area contributed by atoms with E-state index in [9.17, 15) is 39.3 Å². The topological polar surface area (TPSA) is 190 Å². The van der Waals surface area contributed by atoms with Crippen molar-refractivity contribution < 1.29 is 74.4 Å². The zero-order valence-corrected chi connectivity index (χ0v) is 25.0. The van der Waals surface area contributed by atoms with Gasteiger partial charge in [0, 0.05) is 85.8 Å². The van der Waals surface area contributed by atoms with Gasteiger partial charge in [0.2, 0.25) is 0 Å². The van der Waals surface area contributed by atoms with E-state index in [4.69, 9.17) is 4.74 Å². The maximum atomic E-state index is 12.3. The number of pyridine rings is 1. The second-order valence-corrected chi connectivity index (χ2v) is 9.58. The van der Waals surface area contributed by atoms with Crippen molar-refractivity contribution in [3.05, 3.63) is 50.0 Å². The van der Waals surface area contributed by atoms with Gasteiger partial charge in [0.15, 0.2) is 5.75 Å². The first-order valence-corrected chi connectivity index (χ1v) is 13.1. The normalized spacial score (nSPS) is 16.1. The van der Waals surface area contributed by atoms with Gasteiger partial charge in [-0.3, -0.25) is 43.7 Å². The number of aliphatic carboxylic acids is 3. The molecule has 3 rings (SSSR count). The second kappa shape index (κ2) is 16.8. The van der Waals surface area contributed by atoms with Crippen LogP contribution in [-0.2, 0) is 27.5 Å². The number of rotatable bonds is 13. The van der Waals surface area contributed by atoms with E-state index in [-0.39, 0.29) is 123 Å². The van der Waals surface area contributed by atoms with Gasteiger partial charge in [-0.1, -0.05) is 6.07 Å². The van der Waals surface area contributed by atoms with Gasteiger partial charge in [-0.15, -0.1) is 0 Å². The number of carboxylic acids is 3. The van der Waals surface area contributed by atoms with Crippen LogP contribution in [-0.4, -0.2) is 111 Å². The van der Waals surface area contributed by atoms with Crippen LogP contribution in [0.2, 0.25) is 0 Å². The fourth-order valence-corrected chi connectivity index (χ4v) is 4.72. The minimum atomic E-state index is -1.07. The first-order chi connectivity index (χ1) is 19.1. The van der Waals surface area contributed by atoms with E-state index in [0.29, 0.717) is 17.8 Å². The van der Waals surface area contributed by atoms with Crippen LogP contribution < -0.4 is 20.9 Å². The molecule has 2 heterocycles. The summed E-state index contributed by atoms with van der Waals surface area (Å²) in [6.45, 7) is 3.08. The number of nitrogens with one attached hydrogen (secondary N) is 1. The van der Waals surface area contributed by atoms with Gasteiger partial charge >= 0.3 is 17.9 Å². The first-order valence-electron chi connectivity index (χ1n) is 13.1. The molecule has 15 heteroatoms. The van der Waals surface area contributed by atoms with Crippen LogP contribution in [0.1, 0.15) is 31.2 Å². The van der Waals surface area contributed by atoms with Crippen LogP contribution in [0.25, 0.3) is 0 Å². The summed E-state index contributed by atoms with van der Waals surface area (Å²) in [6.07, 6.45) is 0.546. The first kappa shape index (κ1) is 34.6. The summed E-state index contributed by atoms with van der Waals surface area (Å²) in [5.74, 6) is -3.12. The molecular formula is C26H35GdN5O9. The molecule has 0 aliphatic carbocycles. The third-order valence-electron chi connectivity index (χ3n) is 6.60. The van der Waals surface area contributed by atoms with E-state index >= 15 is 0 Å². The smallest absolute Gasteiger partial charge is 0.320 e. The maximum Gasteiger partial charge on any atom is 0.320 e. The summed E-state index contributed by atoms with van der Waals surface area (Å²) in [5.41, 5.74) is -0.00282. The average molecular weight is 719 g/mol. The second-order valence-electron chi connectivity index (χ2n) is 9.58. The molecule has 1 atom stereocenters. The van der Waals surface area contributed by atoms with Crippen LogP contribution in [0.3, 0.4) is 0 Å². The van der Waals surface area contributed by atoms with Gasteiger partial charge < -0.3 is 25.4 Å². The summed E-state index contributed by atoms with van der Waals surface area (Å²) in [6, 6.07) is 4.38. The zero-order chi connectivity index (χ0) is 29.2. The zero-order valence-electron chi connectivity index (χ0n) is 22.7. The van der Waals surface area contributed by atoms with Crippen molar-refractivity contribution in [3.8, 4) is 5.75 Å². The molecule has 1 aliphatic heterocycles. The third kappa shape index (κ3) is 10.3. The number of hydrogen-bond donors (Lipinski definition) is 4. The number of aromatic nitrogens is 1. The number of fused-ring (bicyclic) bond motifs is 2. The predicted molar refractivity (Wildman–Crippen MR) is 143 cm³/mol. The largest absolute Gasteiger partial charge is 0.488 e. The van der Waals surface area contributed by atoms with Crippen molar-refractivity contribution in [2.45, 2.75) is 38.9 Å². The van der Waals surface area contributed by atoms with Crippen molar-refractivity contribution in [2.24, 2.45) is 0 Å². The molecule has 0 spiro atoms. The molecule has 41 heavy (non-hydrogen) atoms. The van der Waals surface area contributed by atoms with Crippen LogP contribution in [0.5, 0.6) is 5.75 Å². The van der Waals surface area contributed by atoms with Crippen LogP contribution in [0.15, 0.2) is 27.8 Å². The van der Waals surface area contributed by atoms with E-state index in [1.807, 2.05) is 0 Å². The van der Waals surface area contributed by atoms with Gasteiger partial charge in [0.25, 0.3) is 10.9 Å². The van der Waals surface area contributed by atoms with Gasteiger partial charge in [0.05, 0.1) is 31.1 Å². The number of ether oxygens (including phenoxy) is 1. The van der Waals surface area contributed by atoms with E-state index in [1.165, 1.54) is 0 Å². The molecule has 1 aromatic carbocycles. The molecule has 4 N–H and O–H groups in total. The Morgan fingerprint density at radius 2 is 1.51 bits per heavy atom. The van der Waals surface area contributed by atoms with E-state index in [1.54, 1.807) is 39.8 Å². The molecule has 0 saturated heterocycles. The molecule has 0 fully saturated rings. The van der Waals surface area contributed by atoms with Crippen molar-refractivity contribution in [2.75, 3.05) is 57.7 Å². The fraction of sp³-hybridized carbons (Fsp3) is 0.538. The Morgan fingerprint density at radius 3 is 2.00 bits per heavy atom. The Labute approximate surface area is 268 Å². The van der Waals surface area contributed by atoms with Crippen molar-refractivity contribution >= 4 is 23.6 Å². The SMILES string of the molecule is CCOc1c(NCCCC(C(=O)O)N2CCN(CC(=O)O)Cc3cccc(n3)CN(CC(=O)O)CC2)c(=O)c1=O.[Gd]. The van der Waals surface area contributed by atoms with Crippen LogP contribution in [0.4, 0.5) is 5.69 Å². The summed E-state index contributed by atoms with van der Waals surface area (Å²) < 4.78 is 5.19. The summed E-state index contributed by atoms with van der Waals surface area (Å²) in [7, 11) is 0. The number of hydrogen-bond acceptors (Lipinski definition) is 11. The van der Waals surface area contributed by atoms with Crippen molar-refractivity contribution in [3.63, 3.8) is 0 Å². The summed E-state index contributed by atoms with van der Waals surface area (Å²) in [4.78, 5) is 68.5. The summed E-state index contributed by atoms with van der Waals surface area (Å²) >= 11 is 0. The van der Waals surface area contributed by atoms with Crippen molar-refractivity contribution in [1.29, 1.82) is 0 Å². The Bertz CT molecular complexity index is 1220. The standard InChI is InChI=1S/C26H35N5O9.Gd/c1-2-40-25-22(23(36)24(25)37)27-8-4-7-19(26(38)39)31-11-9-29(15-20(32)33)13-17-5-3-6-18(28-17)14-30(10-12-31)16-21(34)35;/h3,5-6,19,27H,2,4,7-16H2,1H3,(H,32,33)(H,34,35)(H,38,39);. The number of anilines is 1. The third-order valence-corrected chi connectivity index (χ3v) is 6.60. The number of carboxylic acid groups (broad SMARTS) is 3. The maximum absolute atomic E-state index is 12.3. The average Bonchev–Trinajstić information content (AvgIpc) is 2.88. The van der Waals surface area contributed by atoms with E-state index in [0.717, 1.165) is 0 Å². The Balaban J connectivity index is 0.00000588. The minimum Gasteiger partial charge on any atom is -0.488 e. The van der Waals surface area contributed by atoms with Gasteiger partial charge in [-0.2, -0.15) is 0 Å².